The van der Waals surface area contributed by atoms with Gasteiger partial charge < -0.3 is 9.80 Å². The fraction of sp³-hybridized carbons (Fsp3) is 0.947. The van der Waals surface area contributed by atoms with Crippen molar-refractivity contribution in [1.29, 1.82) is 0 Å². The highest BCUT2D eigenvalue weighted by molar-refractivity contribution is 5.78. The molecule has 0 aromatic heterocycles. The summed E-state index contributed by atoms with van der Waals surface area (Å²) in [6, 6.07) is 1.42. The van der Waals surface area contributed by atoms with Crippen LogP contribution < -0.4 is 0 Å². The Bertz CT molecular complexity index is 410. The molecule has 0 atom stereocenters. The van der Waals surface area contributed by atoms with Crippen molar-refractivity contribution in [2.75, 3.05) is 39.3 Å². The SMILES string of the molecule is CC(C)C(=O)N1CCC(N2CC3(CCN(C(C)C)CC3)C2)CC1. The quantitative estimate of drug-likeness (QED) is 0.799. The largest absolute Gasteiger partial charge is 0.342 e. The van der Waals surface area contributed by atoms with E-state index in [2.05, 4.69) is 28.5 Å². The van der Waals surface area contributed by atoms with E-state index >= 15 is 0 Å². The highest BCUT2D eigenvalue weighted by Gasteiger charge is 2.47. The van der Waals surface area contributed by atoms with E-state index in [-0.39, 0.29) is 5.92 Å². The highest BCUT2D eigenvalue weighted by atomic mass is 16.2. The molecule has 0 saturated carbocycles. The number of amides is 1. The summed E-state index contributed by atoms with van der Waals surface area (Å²) in [5, 5.41) is 0. The van der Waals surface area contributed by atoms with Crippen molar-refractivity contribution < 1.29 is 4.79 Å². The summed E-state index contributed by atoms with van der Waals surface area (Å²) in [4.78, 5) is 19.5. The van der Waals surface area contributed by atoms with Gasteiger partial charge in [0.25, 0.3) is 0 Å². The standard InChI is InChI=1S/C19H35N3O/c1-15(2)18(23)21-9-5-17(6-10-21)22-13-19(14-22)7-11-20(12-8-19)16(3)4/h15-17H,5-14H2,1-4H3. The maximum absolute atomic E-state index is 12.1. The zero-order valence-corrected chi connectivity index (χ0v) is 15.6. The average molecular weight is 322 g/mol. The molecule has 3 aliphatic heterocycles. The van der Waals surface area contributed by atoms with Crippen molar-refractivity contribution in [1.82, 2.24) is 14.7 Å². The third-order valence-corrected chi connectivity index (χ3v) is 6.45. The van der Waals surface area contributed by atoms with Gasteiger partial charge >= 0.3 is 0 Å². The Balaban J connectivity index is 1.42. The van der Waals surface area contributed by atoms with Gasteiger partial charge in [-0.1, -0.05) is 13.8 Å². The van der Waals surface area contributed by atoms with Crippen LogP contribution in [0.2, 0.25) is 0 Å². The molecule has 0 aromatic rings. The van der Waals surface area contributed by atoms with E-state index in [4.69, 9.17) is 0 Å². The number of hydrogen-bond acceptors (Lipinski definition) is 3. The van der Waals surface area contributed by atoms with Gasteiger partial charge in [0.15, 0.2) is 0 Å². The van der Waals surface area contributed by atoms with Gasteiger partial charge in [-0.15, -0.1) is 0 Å². The van der Waals surface area contributed by atoms with Crippen LogP contribution in [0.4, 0.5) is 0 Å². The molecule has 0 aromatic carbocycles. The molecule has 1 spiro atoms. The van der Waals surface area contributed by atoms with Crippen molar-refractivity contribution in [3.05, 3.63) is 0 Å². The van der Waals surface area contributed by atoms with Crippen molar-refractivity contribution >= 4 is 5.91 Å². The van der Waals surface area contributed by atoms with E-state index in [0.717, 1.165) is 19.1 Å². The van der Waals surface area contributed by atoms with Gasteiger partial charge in [-0.2, -0.15) is 0 Å². The lowest BCUT2D eigenvalue weighted by atomic mass is 9.70. The lowest BCUT2D eigenvalue weighted by molar-refractivity contribution is -0.137. The molecule has 3 heterocycles. The second kappa shape index (κ2) is 6.72. The van der Waals surface area contributed by atoms with E-state index < -0.39 is 0 Å². The lowest BCUT2D eigenvalue weighted by Gasteiger charge is -2.58. The summed E-state index contributed by atoms with van der Waals surface area (Å²) < 4.78 is 0. The molecule has 0 bridgehead atoms. The van der Waals surface area contributed by atoms with Gasteiger partial charge in [0, 0.05) is 44.2 Å². The molecule has 132 valence electrons. The molecule has 0 unspecified atom stereocenters. The number of likely N-dealkylation sites (tertiary alicyclic amines) is 3. The predicted molar refractivity (Wildman–Crippen MR) is 94.4 cm³/mol. The Morgan fingerprint density at radius 3 is 2.00 bits per heavy atom. The molecule has 3 aliphatic rings. The van der Waals surface area contributed by atoms with E-state index in [1.807, 2.05) is 13.8 Å². The zero-order valence-electron chi connectivity index (χ0n) is 15.6. The summed E-state index contributed by atoms with van der Waals surface area (Å²) in [6.45, 7) is 15.8. The molecule has 0 aliphatic carbocycles. The van der Waals surface area contributed by atoms with Crippen LogP contribution in [-0.2, 0) is 4.79 Å². The monoisotopic (exact) mass is 321 g/mol. The number of piperidine rings is 2. The first kappa shape index (κ1) is 17.2. The zero-order chi connectivity index (χ0) is 16.6. The van der Waals surface area contributed by atoms with Crippen LogP contribution in [0, 0.1) is 11.3 Å². The Hall–Kier alpha value is -0.610. The van der Waals surface area contributed by atoms with Crippen LogP contribution >= 0.6 is 0 Å². The van der Waals surface area contributed by atoms with Crippen molar-refractivity contribution in [3.8, 4) is 0 Å². The average Bonchev–Trinajstić information content (AvgIpc) is 2.52. The minimum atomic E-state index is 0.143. The van der Waals surface area contributed by atoms with Gasteiger partial charge in [0.2, 0.25) is 5.91 Å². The normalized spacial score (nSPS) is 27.0. The van der Waals surface area contributed by atoms with Gasteiger partial charge in [0.05, 0.1) is 0 Å². The molecular weight excluding hydrogens is 286 g/mol. The Kier molecular flexibility index (Phi) is 5.03. The number of carbonyl (C=O) groups is 1. The molecule has 3 saturated heterocycles. The van der Waals surface area contributed by atoms with E-state index in [1.165, 1.54) is 51.9 Å². The van der Waals surface area contributed by atoms with Crippen LogP contribution in [0.5, 0.6) is 0 Å². The molecular formula is C19H35N3O. The minimum Gasteiger partial charge on any atom is -0.342 e. The molecule has 23 heavy (non-hydrogen) atoms. The van der Waals surface area contributed by atoms with Crippen LogP contribution in [0.25, 0.3) is 0 Å². The fourth-order valence-corrected chi connectivity index (χ4v) is 4.72. The Labute approximate surface area is 142 Å². The van der Waals surface area contributed by atoms with Crippen molar-refractivity contribution in [3.63, 3.8) is 0 Å². The molecule has 3 fully saturated rings. The maximum Gasteiger partial charge on any atom is 0.225 e. The van der Waals surface area contributed by atoms with Gasteiger partial charge in [-0.05, 0) is 58.0 Å². The molecule has 0 N–H and O–H groups in total. The third kappa shape index (κ3) is 3.58. The Morgan fingerprint density at radius 1 is 0.957 bits per heavy atom. The number of hydrogen-bond donors (Lipinski definition) is 0. The Morgan fingerprint density at radius 2 is 1.52 bits per heavy atom. The summed E-state index contributed by atoms with van der Waals surface area (Å²) in [5.74, 6) is 0.481. The smallest absolute Gasteiger partial charge is 0.225 e. The van der Waals surface area contributed by atoms with Crippen LogP contribution in [-0.4, -0.2) is 72.0 Å². The third-order valence-electron chi connectivity index (χ3n) is 6.45. The van der Waals surface area contributed by atoms with E-state index in [1.54, 1.807) is 0 Å². The maximum atomic E-state index is 12.1. The second-order valence-electron chi connectivity index (χ2n) is 8.75. The summed E-state index contributed by atoms with van der Waals surface area (Å²) in [7, 11) is 0. The molecule has 0 radical (unpaired) electrons. The van der Waals surface area contributed by atoms with Gasteiger partial charge in [0.1, 0.15) is 0 Å². The van der Waals surface area contributed by atoms with Crippen LogP contribution in [0.1, 0.15) is 53.4 Å². The lowest BCUT2D eigenvalue weighted by Crippen LogP contribution is -2.64. The first-order valence-electron chi connectivity index (χ1n) is 9.67. The van der Waals surface area contributed by atoms with Crippen LogP contribution in [0.3, 0.4) is 0 Å². The second-order valence-corrected chi connectivity index (χ2v) is 8.75. The molecule has 3 rings (SSSR count). The van der Waals surface area contributed by atoms with Gasteiger partial charge in [-0.3, -0.25) is 9.69 Å². The summed E-state index contributed by atoms with van der Waals surface area (Å²) >= 11 is 0. The topological polar surface area (TPSA) is 26.8 Å². The van der Waals surface area contributed by atoms with Crippen molar-refractivity contribution in [2.24, 2.45) is 11.3 Å². The summed E-state index contributed by atoms with van der Waals surface area (Å²) in [5.41, 5.74) is 0.621. The van der Waals surface area contributed by atoms with E-state index in [0.29, 0.717) is 17.4 Å². The first-order chi connectivity index (χ1) is 10.9. The van der Waals surface area contributed by atoms with E-state index in [9.17, 15) is 4.79 Å². The highest BCUT2D eigenvalue weighted by Crippen LogP contribution is 2.42. The first-order valence-corrected chi connectivity index (χ1v) is 9.67. The number of rotatable bonds is 3. The molecule has 4 heteroatoms. The van der Waals surface area contributed by atoms with Crippen molar-refractivity contribution in [2.45, 2.75) is 65.5 Å². The molecule has 4 nitrogen and oxygen atoms in total. The summed E-state index contributed by atoms with van der Waals surface area (Å²) in [6.07, 6.45) is 5.11. The van der Waals surface area contributed by atoms with Gasteiger partial charge in [-0.25, -0.2) is 0 Å². The fourth-order valence-electron chi connectivity index (χ4n) is 4.72. The number of carbonyl (C=O) groups excluding carboxylic acids is 1. The predicted octanol–water partition coefficient (Wildman–Crippen LogP) is 2.44. The van der Waals surface area contributed by atoms with Crippen LogP contribution in [0.15, 0.2) is 0 Å². The molecule has 1 amide bonds. The number of nitrogens with zero attached hydrogens (tertiary/aromatic N) is 3. The minimum absolute atomic E-state index is 0.143.